The van der Waals surface area contributed by atoms with E-state index in [0.29, 0.717) is 40.3 Å². The number of nitrogens with zero attached hydrogens (tertiary/aromatic N) is 1. The Morgan fingerprint density at radius 3 is 2.50 bits per heavy atom. The molecule has 2 aromatic rings. The van der Waals surface area contributed by atoms with E-state index in [0.717, 1.165) is 29.8 Å². The normalized spacial score (nSPS) is 17.7. The van der Waals surface area contributed by atoms with E-state index in [1.165, 1.54) is 5.56 Å². The average Bonchev–Trinajstić information content (AvgIpc) is 3.22. The maximum atomic E-state index is 13.2. The summed E-state index contributed by atoms with van der Waals surface area (Å²) in [4.78, 5) is 13.2. The number of halogens is 1. The predicted molar refractivity (Wildman–Crippen MR) is 115 cm³/mol. The van der Waals surface area contributed by atoms with Gasteiger partial charge in [-0.05, 0) is 29.3 Å². The van der Waals surface area contributed by atoms with Gasteiger partial charge in [0.1, 0.15) is 11.8 Å². The number of hydrogen-bond acceptors (Lipinski definition) is 6. The van der Waals surface area contributed by atoms with Crippen LogP contribution in [0.2, 0.25) is 0 Å². The Morgan fingerprint density at radius 2 is 1.81 bits per heavy atom. The standard InChI is InChI=1S/C24H30NO6.HI/c1-25(2)9-8-16-12-21-23(31-14-30-21)24(29-5)22(16)18(25)13-17(26)10-15-6-7-19(27-3)20(11-15)28-4;/h6-7,11-12,18H,8-10,13-14H2,1-5H3;1H/q+1;/p-1. The summed E-state index contributed by atoms with van der Waals surface area (Å²) >= 11 is 0. The molecule has 0 bridgehead atoms. The van der Waals surface area contributed by atoms with Gasteiger partial charge in [0.25, 0.3) is 0 Å². The van der Waals surface area contributed by atoms with Crippen LogP contribution < -0.4 is 47.7 Å². The van der Waals surface area contributed by atoms with Crippen LogP contribution in [0.4, 0.5) is 0 Å². The lowest BCUT2D eigenvalue weighted by atomic mass is 9.86. The van der Waals surface area contributed by atoms with Gasteiger partial charge in [-0.3, -0.25) is 4.79 Å². The number of carbonyl (C=O) groups excluding carboxylic acids is 1. The first-order valence-corrected chi connectivity index (χ1v) is 10.4. The van der Waals surface area contributed by atoms with Gasteiger partial charge in [-0.25, -0.2) is 0 Å². The van der Waals surface area contributed by atoms with Crippen molar-refractivity contribution in [2.75, 3.05) is 48.8 Å². The Labute approximate surface area is 206 Å². The molecule has 0 saturated heterocycles. The van der Waals surface area contributed by atoms with Crippen molar-refractivity contribution in [3.8, 4) is 28.7 Å². The average molecular weight is 555 g/mol. The second-order valence-electron chi connectivity index (χ2n) is 8.59. The number of Topliss-reactive ketones (excluding diaryl/α,β-unsaturated/α-hetero) is 1. The Morgan fingerprint density at radius 1 is 1.06 bits per heavy atom. The van der Waals surface area contributed by atoms with Gasteiger partial charge in [0.05, 0.1) is 54.0 Å². The molecule has 4 rings (SSSR count). The number of ketones is 1. The van der Waals surface area contributed by atoms with Crippen LogP contribution in [0, 0.1) is 0 Å². The summed E-state index contributed by atoms with van der Waals surface area (Å²) in [6.45, 7) is 1.12. The van der Waals surface area contributed by atoms with E-state index in [-0.39, 0.29) is 42.6 Å². The van der Waals surface area contributed by atoms with Gasteiger partial charge < -0.3 is 52.1 Å². The molecular weight excluding hydrogens is 525 g/mol. The van der Waals surface area contributed by atoms with Gasteiger partial charge in [-0.15, -0.1) is 0 Å². The summed E-state index contributed by atoms with van der Waals surface area (Å²) in [5.41, 5.74) is 3.13. The Balaban J connectivity index is 0.00000289. The van der Waals surface area contributed by atoms with Crippen molar-refractivity contribution >= 4 is 5.78 Å². The molecule has 0 amide bonds. The molecule has 174 valence electrons. The zero-order valence-electron chi connectivity index (χ0n) is 19.2. The summed E-state index contributed by atoms with van der Waals surface area (Å²) in [5, 5.41) is 0. The molecule has 8 heteroatoms. The molecule has 0 aromatic heterocycles. The Bertz CT molecular complexity index is 1010. The SMILES string of the molecule is COc1ccc(CC(=O)CC2c3c(cc4c(c3OC)OCO4)CC[N+]2(C)C)cc1OC.[I-]. The molecule has 0 N–H and O–H groups in total. The number of hydrogen-bond donors (Lipinski definition) is 0. The van der Waals surface area contributed by atoms with E-state index >= 15 is 0 Å². The van der Waals surface area contributed by atoms with Gasteiger partial charge in [0, 0.05) is 12.8 Å². The lowest BCUT2D eigenvalue weighted by Crippen LogP contribution is -3.00. The smallest absolute Gasteiger partial charge is 0.231 e. The third-order valence-corrected chi connectivity index (χ3v) is 6.35. The Hall–Kier alpha value is -2.20. The van der Waals surface area contributed by atoms with E-state index < -0.39 is 0 Å². The first-order valence-electron chi connectivity index (χ1n) is 10.4. The van der Waals surface area contributed by atoms with Crippen molar-refractivity contribution in [1.82, 2.24) is 0 Å². The van der Waals surface area contributed by atoms with Crippen molar-refractivity contribution in [2.24, 2.45) is 0 Å². The maximum absolute atomic E-state index is 13.2. The van der Waals surface area contributed by atoms with Crippen LogP contribution in [0.5, 0.6) is 28.7 Å². The summed E-state index contributed by atoms with van der Waals surface area (Å²) < 4.78 is 28.4. The van der Waals surface area contributed by atoms with Gasteiger partial charge in [-0.1, -0.05) is 6.07 Å². The van der Waals surface area contributed by atoms with Crippen LogP contribution >= 0.6 is 0 Å². The molecule has 7 nitrogen and oxygen atoms in total. The maximum Gasteiger partial charge on any atom is 0.231 e. The molecule has 2 aromatic carbocycles. The van der Waals surface area contributed by atoms with Gasteiger partial charge in [0.15, 0.2) is 23.0 Å². The highest BCUT2D eigenvalue weighted by Gasteiger charge is 2.42. The van der Waals surface area contributed by atoms with Crippen LogP contribution in [-0.4, -0.2) is 59.0 Å². The van der Waals surface area contributed by atoms with Crippen LogP contribution in [0.15, 0.2) is 24.3 Å². The first-order chi connectivity index (χ1) is 14.9. The van der Waals surface area contributed by atoms with Crippen molar-refractivity contribution in [1.29, 1.82) is 0 Å². The number of benzene rings is 2. The zero-order valence-corrected chi connectivity index (χ0v) is 21.4. The van der Waals surface area contributed by atoms with E-state index in [9.17, 15) is 4.79 Å². The molecule has 0 fully saturated rings. The lowest BCUT2D eigenvalue weighted by molar-refractivity contribution is -0.922. The summed E-state index contributed by atoms with van der Waals surface area (Å²) in [7, 11) is 9.18. The summed E-state index contributed by atoms with van der Waals surface area (Å²) in [5.74, 6) is 3.49. The molecule has 2 aliphatic rings. The predicted octanol–water partition coefficient (Wildman–Crippen LogP) is 0.321. The molecule has 1 unspecified atom stereocenters. The van der Waals surface area contributed by atoms with Crippen LogP contribution in [0.3, 0.4) is 0 Å². The molecule has 0 radical (unpaired) electrons. The molecule has 1 atom stereocenters. The number of quaternary nitrogens is 1. The van der Waals surface area contributed by atoms with Crippen molar-refractivity contribution in [2.45, 2.75) is 25.3 Å². The molecular formula is C24H30INO6. The molecule has 0 saturated carbocycles. The fourth-order valence-corrected chi connectivity index (χ4v) is 4.62. The topological polar surface area (TPSA) is 63.2 Å². The third-order valence-electron chi connectivity index (χ3n) is 6.35. The number of ether oxygens (including phenoxy) is 5. The van der Waals surface area contributed by atoms with Crippen molar-refractivity contribution in [3.63, 3.8) is 0 Å². The van der Waals surface area contributed by atoms with E-state index in [1.54, 1.807) is 21.3 Å². The number of carbonyl (C=O) groups is 1. The van der Waals surface area contributed by atoms with E-state index in [2.05, 4.69) is 14.1 Å². The quantitative estimate of drug-likeness (QED) is 0.363. The van der Waals surface area contributed by atoms with Gasteiger partial charge in [0.2, 0.25) is 12.5 Å². The number of rotatable bonds is 7. The molecule has 0 aliphatic carbocycles. The van der Waals surface area contributed by atoms with Gasteiger partial charge in [-0.2, -0.15) is 0 Å². The largest absolute Gasteiger partial charge is 1.00 e. The minimum atomic E-state index is -0.0270. The summed E-state index contributed by atoms with van der Waals surface area (Å²) in [6.07, 6.45) is 1.64. The van der Waals surface area contributed by atoms with Crippen LogP contribution in [0.1, 0.15) is 29.2 Å². The van der Waals surface area contributed by atoms with E-state index in [4.69, 9.17) is 23.7 Å². The van der Waals surface area contributed by atoms with E-state index in [1.807, 2.05) is 24.3 Å². The first kappa shape index (κ1) is 24.4. The molecule has 2 heterocycles. The highest BCUT2D eigenvalue weighted by Crippen LogP contribution is 2.51. The number of likely N-dealkylation sites (N-methyl/N-ethyl adjacent to an activating group) is 1. The lowest BCUT2D eigenvalue weighted by Gasteiger charge is -2.43. The monoisotopic (exact) mass is 555 g/mol. The minimum Gasteiger partial charge on any atom is -1.00 e. The van der Waals surface area contributed by atoms with Crippen LogP contribution in [-0.2, 0) is 17.6 Å². The Kier molecular flexibility index (Phi) is 7.44. The molecule has 2 aliphatic heterocycles. The number of fused-ring (bicyclic) bond motifs is 2. The minimum absolute atomic E-state index is 0. The van der Waals surface area contributed by atoms with Crippen LogP contribution in [0.25, 0.3) is 0 Å². The van der Waals surface area contributed by atoms with Gasteiger partial charge >= 0.3 is 0 Å². The second kappa shape index (κ2) is 9.74. The molecule has 32 heavy (non-hydrogen) atoms. The third kappa shape index (κ3) is 4.47. The fourth-order valence-electron chi connectivity index (χ4n) is 4.62. The molecule has 0 spiro atoms. The van der Waals surface area contributed by atoms with Crippen molar-refractivity contribution < 1.29 is 56.9 Å². The fraction of sp³-hybridized carbons (Fsp3) is 0.458. The highest BCUT2D eigenvalue weighted by atomic mass is 127. The zero-order chi connectivity index (χ0) is 22.2. The highest BCUT2D eigenvalue weighted by molar-refractivity contribution is 5.82. The summed E-state index contributed by atoms with van der Waals surface area (Å²) in [6, 6.07) is 7.63. The second-order valence-corrected chi connectivity index (χ2v) is 8.59. The number of methoxy groups -OCH3 is 3. The van der Waals surface area contributed by atoms with Crippen molar-refractivity contribution in [3.05, 3.63) is 41.0 Å².